The minimum atomic E-state index is -1.63. The maximum atomic E-state index is 14.5. The summed E-state index contributed by atoms with van der Waals surface area (Å²) in [4.78, 5) is 4.27. The van der Waals surface area contributed by atoms with E-state index < -0.39 is 17.5 Å². The summed E-state index contributed by atoms with van der Waals surface area (Å²) in [6.07, 6.45) is 3.01. The molecule has 0 amide bonds. The number of anilines is 3. The summed E-state index contributed by atoms with van der Waals surface area (Å²) in [6, 6.07) is 14.0. The van der Waals surface area contributed by atoms with Gasteiger partial charge in [-0.3, -0.25) is 4.98 Å². The van der Waals surface area contributed by atoms with E-state index in [1.54, 1.807) is 30.5 Å². The van der Waals surface area contributed by atoms with Crippen molar-refractivity contribution in [3.63, 3.8) is 0 Å². The smallest absolute Gasteiger partial charge is 0.196 e. The average molecular weight is 542 g/mol. The van der Waals surface area contributed by atoms with E-state index in [1.807, 2.05) is 18.2 Å². The lowest BCUT2D eigenvalue weighted by Crippen LogP contribution is -2.33. The van der Waals surface area contributed by atoms with Crippen LogP contribution in [0.4, 0.5) is 30.2 Å². The zero-order valence-electron chi connectivity index (χ0n) is 18.6. The van der Waals surface area contributed by atoms with E-state index in [0.717, 1.165) is 23.4 Å². The molecule has 12 heteroatoms. The van der Waals surface area contributed by atoms with E-state index in [9.17, 15) is 18.4 Å². The number of halogens is 5. The number of hydrogen-bond acceptors (Lipinski definition) is 7. The summed E-state index contributed by atoms with van der Waals surface area (Å²) in [5, 5.41) is 17.0. The highest BCUT2D eigenvalue weighted by atomic mass is 35.5. The largest absolute Gasteiger partial charge is 0.373 e. The lowest BCUT2D eigenvalue weighted by Gasteiger charge is -2.22. The highest BCUT2D eigenvalue weighted by molar-refractivity contribution is 6.36. The molecule has 0 saturated heterocycles. The molecule has 186 valence electrons. The van der Waals surface area contributed by atoms with Crippen molar-refractivity contribution in [1.29, 1.82) is 5.26 Å². The van der Waals surface area contributed by atoms with Crippen molar-refractivity contribution in [3.05, 3.63) is 105 Å². The van der Waals surface area contributed by atoms with Crippen LogP contribution in [0.25, 0.3) is 10.9 Å². The summed E-state index contributed by atoms with van der Waals surface area (Å²) >= 11 is 12.6. The van der Waals surface area contributed by atoms with Gasteiger partial charge in [0.05, 0.1) is 39.2 Å². The van der Waals surface area contributed by atoms with E-state index in [-0.39, 0.29) is 28.0 Å². The van der Waals surface area contributed by atoms with Crippen LogP contribution in [0.3, 0.4) is 0 Å². The molecule has 0 unspecified atom stereocenters. The van der Waals surface area contributed by atoms with E-state index in [2.05, 4.69) is 32.0 Å². The zero-order chi connectivity index (χ0) is 26.1. The molecule has 1 atom stereocenters. The monoisotopic (exact) mass is 541 g/mol. The van der Waals surface area contributed by atoms with Crippen LogP contribution in [0.1, 0.15) is 17.2 Å². The van der Waals surface area contributed by atoms with Gasteiger partial charge >= 0.3 is 0 Å². The summed E-state index contributed by atoms with van der Waals surface area (Å²) in [5.74, 6) is -4.38. The molecule has 2 heterocycles. The van der Waals surface area contributed by atoms with Crippen LogP contribution in [0.15, 0.2) is 66.6 Å². The van der Waals surface area contributed by atoms with Crippen LogP contribution in [-0.4, -0.2) is 4.98 Å². The molecule has 1 aliphatic rings. The van der Waals surface area contributed by atoms with Crippen LogP contribution in [0.2, 0.25) is 10.0 Å². The van der Waals surface area contributed by atoms with Gasteiger partial charge in [-0.2, -0.15) is 10.8 Å². The molecule has 1 aromatic heterocycles. The SMILES string of the molecule is N#Cc1cnc2c(Cl)cc(N[C@H](C3=CNNN3)c3ccc(Cl)cc3)cc2c1Nc1ccc(F)c(F)c1F. The van der Waals surface area contributed by atoms with Gasteiger partial charge in [-0.25, -0.2) is 13.2 Å². The number of hydrazine groups is 2. The van der Waals surface area contributed by atoms with Crippen LogP contribution >= 0.6 is 23.2 Å². The van der Waals surface area contributed by atoms with Gasteiger partial charge in [0.25, 0.3) is 0 Å². The summed E-state index contributed by atoms with van der Waals surface area (Å²) < 4.78 is 41.8. The van der Waals surface area contributed by atoms with Gasteiger partial charge in [0.2, 0.25) is 0 Å². The number of pyridine rings is 1. The molecular weight excluding hydrogens is 526 g/mol. The minimum Gasteiger partial charge on any atom is -0.373 e. The predicted molar refractivity (Wildman–Crippen MR) is 136 cm³/mol. The van der Waals surface area contributed by atoms with Gasteiger partial charge in [0.1, 0.15) is 6.07 Å². The molecule has 0 spiro atoms. The van der Waals surface area contributed by atoms with Crippen LogP contribution < -0.4 is 27.0 Å². The number of benzene rings is 3. The molecule has 0 aliphatic carbocycles. The topological polar surface area (TPSA) is 96.8 Å². The van der Waals surface area contributed by atoms with Crippen LogP contribution in [0.5, 0.6) is 0 Å². The lowest BCUT2D eigenvalue weighted by molar-refractivity contribution is 0.449. The zero-order valence-corrected chi connectivity index (χ0v) is 20.1. The maximum absolute atomic E-state index is 14.5. The van der Waals surface area contributed by atoms with Crippen LogP contribution in [-0.2, 0) is 0 Å². The van der Waals surface area contributed by atoms with E-state index >= 15 is 0 Å². The fraction of sp³-hybridized carbons (Fsp3) is 0.0400. The molecule has 7 nitrogen and oxygen atoms in total. The first-order valence-electron chi connectivity index (χ1n) is 10.8. The number of nitrogens with zero attached hydrogens (tertiary/aromatic N) is 2. The molecule has 4 aromatic rings. The third kappa shape index (κ3) is 4.80. The van der Waals surface area contributed by atoms with Crippen molar-refractivity contribution in [2.45, 2.75) is 6.04 Å². The van der Waals surface area contributed by atoms with Gasteiger partial charge in [0.15, 0.2) is 17.5 Å². The Morgan fingerprint density at radius 2 is 1.78 bits per heavy atom. The van der Waals surface area contributed by atoms with Crippen molar-refractivity contribution in [3.8, 4) is 6.07 Å². The molecule has 37 heavy (non-hydrogen) atoms. The number of rotatable bonds is 6. The summed E-state index contributed by atoms with van der Waals surface area (Å²) in [6.45, 7) is 0. The summed E-state index contributed by atoms with van der Waals surface area (Å²) in [7, 11) is 0. The Hall–Kier alpha value is -4.17. The van der Waals surface area contributed by atoms with Gasteiger partial charge in [-0.1, -0.05) is 35.3 Å². The average Bonchev–Trinajstić information content (AvgIpc) is 3.43. The van der Waals surface area contributed by atoms with Crippen molar-refractivity contribution in [2.24, 2.45) is 0 Å². The summed E-state index contributed by atoms with van der Waals surface area (Å²) in [5.41, 5.74) is 11.0. The number of fused-ring (bicyclic) bond motifs is 1. The second kappa shape index (κ2) is 10.1. The molecule has 5 N–H and O–H groups in total. The highest BCUT2D eigenvalue weighted by Crippen LogP contribution is 2.37. The molecule has 0 fully saturated rings. The quantitative estimate of drug-likeness (QED) is 0.186. The fourth-order valence-electron chi connectivity index (χ4n) is 3.90. The Morgan fingerprint density at radius 1 is 1.00 bits per heavy atom. The molecule has 0 radical (unpaired) electrons. The molecule has 1 aliphatic heterocycles. The Kier molecular flexibility index (Phi) is 6.67. The highest BCUT2D eigenvalue weighted by Gasteiger charge is 2.22. The predicted octanol–water partition coefficient (Wildman–Crippen LogP) is 6.18. The third-order valence-corrected chi connectivity index (χ3v) is 6.21. The standard InChI is InChI=1S/C25H16Cl2F3N7/c26-14-3-1-12(2-4-14)24(20-11-33-37-36-20)34-15-7-16-23(13(9-31)10-32-25(16)17(27)8-15)35-19-6-5-18(28)21(29)22(19)30/h1-8,10-11,24,33-34,36-37H,(H,32,35)/t24-/m0/s1. The van der Waals surface area contributed by atoms with Gasteiger partial charge in [-0.15, -0.1) is 0 Å². The molecular formula is C25H16Cl2F3N7. The number of nitrogens with one attached hydrogen (secondary N) is 5. The second-order valence-corrected chi connectivity index (χ2v) is 8.83. The number of nitriles is 1. The van der Waals surface area contributed by atoms with Gasteiger partial charge in [-0.05, 0) is 42.0 Å². The maximum Gasteiger partial charge on any atom is 0.196 e. The lowest BCUT2D eigenvalue weighted by atomic mass is 10.0. The molecule has 3 aromatic carbocycles. The van der Waals surface area contributed by atoms with Crippen molar-refractivity contribution >= 4 is 51.2 Å². The Bertz CT molecular complexity index is 1590. The van der Waals surface area contributed by atoms with E-state index in [1.165, 1.54) is 6.20 Å². The van der Waals surface area contributed by atoms with Crippen LogP contribution in [0, 0.1) is 28.8 Å². The second-order valence-electron chi connectivity index (χ2n) is 7.98. The van der Waals surface area contributed by atoms with E-state index in [4.69, 9.17) is 23.2 Å². The number of aromatic nitrogens is 1. The Morgan fingerprint density at radius 3 is 2.49 bits per heavy atom. The Labute approximate surface area is 218 Å². The van der Waals surface area contributed by atoms with Crippen molar-refractivity contribution < 1.29 is 13.2 Å². The normalized spacial score (nSPS) is 13.4. The first-order chi connectivity index (χ1) is 17.9. The first kappa shape index (κ1) is 24.5. The first-order valence-corrected chi connectivity index (χ1v) is 11.5. The van der Waals surface area contributed by atoms with Gasteiger partial charge in [0, 0.05) is 28.5 Å². The van der Waals surface area contributed by atoms with E-state index in [0.29, 0.717) is 21.6 Å². The van der Waals surface area contributed by atoms with Crippen molar-refractivity contribution in [1.82, 2.24) is 21.4 Å². The fourth-order valence-corrected chi connectivity index (χ4v) is 4.29. The third-order valence-electron chi connectivity index (χ3n) is 5.67. The molecule has 0 bridgehead atoms. The molecule has 5 rings (SSSR count). The van der Waals surface area contributed by atoms with Gasteiger partial charge < -0.3 is 21.5 Å². The number of hydrogen-bond donors (Lipinski definition) is 5. The minimum absolute atomic E-state index is 0.0488. The van der Waals surface area contributed by atoms with Crippen molar-refractivity contribution in [2.75, 3.05) is 10.6 Å². The molecule has 0 saturated carbocycles. The Balaban J connectivity index is 1.61.